The van der Waals surface area contributed by atoms with Crippen LogP contribution in [0.2, 0.25) is 5.15 Å². The van der Waals surface area contributed by atoms with Crippen LogP contribution >= 0.6 is 27.5 Å². The summed E-state index contributed by atoms with van der Waals surface area (Å²) in [6.07, 6.45) is 0. The first-order valence-electron chi connectivity index (χ1n) is 5.36. The Balaban J connectivity index is 2.48. The van der Waals surface area contributed by atoms with Crippen molar-refractivity contribution in [1.29, 1.82) is 0 Å². The van der Waals surface area contributed by atoms with Crippen LogP contribution in [-0.2, 0) is 0 Å². The summed E-state index contributed by atoms with van der Waals surface area (Å²) < 4.78 is 1.05. The predicted molar refractivity (Wildman–Crippen MR) is 74.3 cm³/mol. The van der Waals surface area contributed by atoms with Crippen LogP contribution in [0.15, 0.2) is 34.8 Å². The van der Waals surface area contributed by atoms with Crippen molar-refractivity contribution in [2.45, 2.75) is 19.8 Å². The van der Waals surface area contributed by atoms with Gasteiger partial charge in [0.1, 0.15) is 11.0 Å². The molecule has 0 radical (unpaired) electrons. The molecule has 0 aliphatic rings. The minimum Gasteiger partial charge on any atom is -0.233 e. The minimum absolute atomic E-state index is 0.267. The SMILES string of the molecule is CC(C)c1nc(Cl)cc(-c2ccc(Br)cc2)n1. The Kier molecular flexibility index (Phi) is 3.79. The number of aromatic nitrogens is 2. The van der Waals surface area contributed by atoms with Gasteiger partial charge in [-0.2, -0.15) is 0 Å². The molecule has 0 amide bonds. The molecule has 1 heterocycles. The van der Waals surface area contributed by atoms with E-state index in [4.69, 9.17) is 11.6 Å². The fraction of sp³-hybridized carbons (Fsp3) is 0.231. The summed E-state index contributed by atoms with van der Waals surface area (Å²) in [5.41, 5.74) is 1.90. The van der Waals surface area contributed by atoms with Gasteiger partial charge in [-0.05, 0) is 12.1 Å². The van der Waals surface area contributed by atoms with E-state index >= 15 is 0 Å². The highest BCUT2D eigenvalue weighted by Crippen LogP contribution is 2.23. The maximum Gasteiger partial charge on any atom is 0.133 e. The van der Waals surface area contributed by atoms with Gasteiger partial charge < -0.3 is 0 Å². The van der Waals surface area contributed by atoms with E-state index in [9.17, 15) is 0 Å². The van der Waals surface area contributed by atoms with Gasteiger partial charge in [0.15, 0.2) is 0 Å². The van der Waals surface area contributed by atoms with Crippen LogP contribution < -0.4 is 0 Å². The first kappa shape index (κ1) is 12.5. The lowest BCUT2D eigenvalue weighted by molar-refractivity contribution is 0.776. The van der Waals surface area contributed by atoms with Crippen LogP contribution in [0.1, 0.15) is 25.6 Å². The molecule has 0 aliphatic heterocycles. The molecule has 2 nitrogen and oxygen atoms in total. The summed E-state index contributed by atoms with van der Waals surface area (Å²) in [5, 5.41) is 0.488. The lowest BCUT2D eigenvalue weighted by Gasteiger charge is -2.07. The van der Waals surface area contributed by atoms with Gasteiger partial charge in [0.05, 0.1) is 5.69 Å². The molecule has 0 fully saturated rings. The van der Waals surface area contributed by atoms with E-state index < -0.39 is 0 Å². The predicted octanol–water partition coefficient (Wildman–Crippen LogP) is 4.68. The lowest BCUT2D eigenvalue weighted by atomic mass is 10.1. The van der Waals surface area contributed by atoms with E-state index in [2.05, 4.69) is 39.7 Å². The van der Waals surface area contributed by atoms with Crippen LogP contribution in [0.3, 0.4) is 0 Å². The van der Waals surface area contributed by atoms with Gasteiger partial charge in [0.25, 0.3) is 0 Å². The van der Waals surface area contributed by atoms with Crippen LogP contribution in [0.25, 0.3) is 11.3 Å². The zero-order valence-corrected chi connectivity index (χ0v) is 12.0. The van der Waals surface area contributed by atoms with Crippen molar-refractivity contribution in [3.05, 3.63) is 45.8 Å². The molecule has 0 bridgehead atoms. The van der Waals surface area contributed by atoms with Gasteiger partial charge >= 0.3 is 0 Å². The fourth-order valence-corrected chi connectivity index (χ4v) is 1.92. The van der Waals surface area contributed by atoms with Crippen molar-refractivity contribution in [2.24, 2.45) is 0 Å². The molecule has 0 saturated carbocycles. The molecule has 0 saturated heterocycles. The normalized spacial score (nSPS) is 10.9. The Bertz CT molecular complexity index is 523. The third-order valence-electron chi connectivity index (χ3n) is 2.37. The zero-order chi connectivity index (χ0) is 12.4. The molecule has 2 aromatic rings. The van der Waals surface area contributed by atoms with E-state index in [1.54, 1.807) is 6.07 Å². The molecule has 4 heteroatoms. The van der Waals surface area contributed by atoms with Gasteiger partial charge in [-0.1, -0.05) is 53.5 Å². The monoisotopic (exact) mass is 310 g/mol. The average molecular weight is 312 g/mol. The van der Waals surface area contributed by atoms with Crippen molar-refractivity contribution >= 4 is 27.5 Å². The average Bonchev–Trinajstić information content (AvgIpc) is 2.29. The highest BCUT2D eigenvalue weighted by atomic mass is 79.9. The smallest absolute Gasteiger partial charge is 0.133 e. The molecular weight excluding hydrogens is 300 g/mol. The summed E-state index contributed by atoms with van der Waals surface area (Å²) >= 11 is 9.43. The zero-order valence-electron chi connectivity index (χ0n) is 9.61. The Morgan fingerprint density at radius 1 is 1.12 bits per heavy atom. The Morgan fingerprint density at radius 3 is 2.35 bits per heavy atom. The molecule has 0 N–H and O–H groups in total. The molecule has 1 aromatic heterocycles. The van der Waals surface area contributed by atoms with Crippen molar-refractivity contribution in [3.63, 3.8) is 0 Å². The Labute approximate surface area is 114 Å². The highest BCUT2D eigenvalue weighted by molar-refractivity contribution is 9.10. The van der Waals surface area contributed by atoms with Crippen LogP contribution in [0, 0.1) is 0 Å². The summed E-state index contributed by atoms with van der Waals surface area (Å²) in [5.74, 6) is 1.04. The number of halogens is 2. The van der Waals surface area contributed by atoms with E-state index in [-0.39, 0.29) is 5.92 Å². The minimum atomic E-state index is 0.267. The van der Waals surface area contributed by atoms with Crippen molar-refractivity contribution < 1.29 is 0 Å². The largest absolute Gasteiger partial charge is 0.233 e. The number of benzene rings is 1. The number of hydrogen-bond donors (Lipinski definition) is 0. The van der Waals surface area contributed by atoms with Crippen LogP contribution in [0.5, 0.6) is 0 Å². The first-order valence-corrected chi connectivity index (χ1v) is 6.54. The summed E-state index contributed by atoms with van der Waals surface area (Å²) in [6, 6.07) is 9.77. The van der Waals surface area contributed by atoms with E-state index in [0.717, 1.165) is 21.6 Å². The molecule has 88 valence electrons. The molecule has 0 unspecified atom stereocenters. The van der Waals surface area contributed by atoms with Gasteiger partial charge in [0.2, 0.25) is 0 Å². The van der Waals surface area contributed by atoms with Crippen molar-refractivity contribution in [2.75, 3.05) is 0 Å². The molecule has 0 atom stereocenters. The lowest BCUT2D eigenvalue weighted by Crippen LogP contribution is -1.99. The van der Waals surface area contributed by atoms with E-state index in [1.807, 2.05) is 24.3 Å². The van der Waals surface area contributed by atoms with Gasteiger partial charge in [-0.25, -0.2) is 9.97 Å². The second kappa shape index (κ2) is 5.15. The Hall–Kier alpha value is -0.930. The second-order valence-electron chi connectivity index (χ2n) is 4.10. The quantitative estimate of drug-likeness (QED) is 0.752. The van der Waals surface area contributed by atoms with E-state index in [0.29, 0.717) is 5.15 Å². The van der Waals surface area contributed by atoms with Crippen LogP contribution in [-0.4, -0.2) is 9.97 Å². The third-order valence-corrected chi connectivity index (χ3v) is 3.09. The molecule has 2 rings (SSSR count). The van der Waals surface area contributed by atoms with Gasteiger partial charge in [0, 0.05) is 22.0 Å². The van der Waals surface area contributed by atoms with Crippen molar-refractivity contribution in [3.8, 4) is 11.3 Å². The topological polar surface area (TPSA) is 25.8 Å². The standard InChI is InChI=1S/C13H12BrClN2/c1-8(2)13-16-11(7-12(15)17-13)9-3-5-10(14)6-4-9/h3-8H,1-2H3. The van der Waals surface area contributed by atoms with Crippen LogP contribution in [0.4, 0.5) is 0 Å². The molecule has 0 aliphatic carbocycles. The maximum absolute atomic E-state index is 6.01. The van der Waals surface area contributed by atoms with Gasteiger partial charge in [-0.3, -0.25) is 0 Å². The molecule has 1 aromatic carbocycles. The summed E-state index contributed by atoms with van der Waals surface area (Å²) in [6.45, 7) is 4.11. The third kappa shape index (κ3) is 3.05. The number of rotatable bonds is 2. The molecule has 17 heavy (non-hydrogen) atoms. The number of nitrogens with zero attached hydrogens (tertiary/aromatic N) is 2. The highest BCUT2D eigenvalue weighted by Gasteiger charge is 2.08. The second-order valence-corrected chi connectivity index (χ2v) is 5.40. The first-order chi connectivity index (χ1) is 8.06. The fourth-order valence-electron chi connectivity index (χ4n) is 1.46. The Morgan fingerprint density at radius 2 is 1.76 bits per heavy atom. The van der Waals surface area contributed by atoms with Crippen molar-refractivity contribution in [1.82, 2.24) is 9.97 Å². The molecular formula is C13H12BrClN2. The number of hydrogen-bond acceptors (Lipinski definition) is 2. The summed E-state index contributed by atoms with van der Waals surface area (Å²) in [7, 11) is 0. The molecule has 0 spiro atoms. The maximum atomic E-state index is 6.01. The van der Waals surface area contributed by atoms with Gasteiger partial charge in [-0.15, -0.1) is 0 Å². The van der Waals surface area contributed by atoms with E-state index in [1.165, 1.54) is 0 Å². The summed E-state index contributed by atoms with van der Waals surface area (Å²) in [4.78, 5) is 8.74.